The summed E-state index contributed by atoms with van der Waals surface area (Å²) in [6.45, 7) is 5.69. The number of para-hydroxylation sites is 1. The molecule has 2 aromatic carbocycles. The number of hydrogen-bond donors (Lipinski definition) is 0. The van der Waals surface area contributed by atoms with Gasteiger partial charge in [-0.1, -0.05) is 29.8 Å². The number of anilines is 1. The Labute approximate surface area is 174 Å². The van der Waals surface area contributed by atoms with Crippen LogP contribution < -0.4 is 10.5 Å². The molecule has 6 nitrogen and oxygen atoms in total. The standard InChI is InChI=1S/C24H23NO5/c1-4-19-21(24(27)28-5-2)22(25(30-19)16-9-7-6-8-10-16)18-14-29-20-12-11-15(3)13-17(20)23(18)26/h4,6-14,21-22H,5H2,1-3H3/b19-4+. The summed E-state index contributed by atoms with van der Waals surface area (Å²) in [5.74, 6) is -0.802. The minimum atomic E-state index is -0.791. The predicted molar refractivity (Wildman–Crippen MR) is 114 cm³/mol. The third-order valence-corrected chi connectivity index (χ3v) is 5.19. The van der Waals surface area contributed by atoms with Gasteiger partial charge < -0.3 is 14.0 Å². The van der Waals surface area contributed by atoms with Crippen LogP contribution in [0.3, 0.4) is 0 Å². The maximum Gasteiger partial charge on any atom is 0.319 e. The molecule has 0 radical (unpaired) electrons. The third kappa shape index (κ3) is 3.34. The van der Waals surface area contributed by atoms with Gasteiger partial charge in [-0.3, -0.25) is 9.59 Å². The number of allylic oxidation sites excluding steroid dienone is 1. The molecule has 2 heterocycles. The van der Waals surface area contributed by atoms with Crippen LogP contribution in [0.5, 0.6) is 0 Å². The quantitative estimate of drug-likeness (QED) is 0.587. The zero-order valence-electron chi connectivity index (χ0n) is 17.1. The van der Waals surface area contributed by atoms with Gasteiger partial charge >= 0.3 is 5.97 Å². The maximum absolute atomic E-state index is 13.5. The molecule has 1 fully saturated rings. The van der Waals surface area contributed by atoms with Gasteiger partial charge in [0.25, 0.3) is 0 Å². The number of carbonyl (C=O) groups excluding carboxylic acids is 1. The molecular formula is C24H23NO5. The number of esters is 1. The van der Waals surface area contributed by atoms with Crippen molar-refractivity contribution in [2.45, 2.75) is 26.8 Å². The smallest absolute Gasteiger partial charge is 0.319 e. The van der Waals surface area contributed by atoms with Gasteiger partial charge in [0.05, 0.1) is 23.2 Å². The number of carbonyl (C=O) groups is 1. The molecule has 1 aromatic heterocycles. The Kier molecular flexibility index (Phi) is 5.31. The largest absolute Gasteiger partial charge is 0.465 e. The molecule has 1 saturated heterocycles. The first-order chi connectivity index (χ1) is 14.5. The van der Waals surface area contributed by atoms with E-state index in [0.29, 0.717) is 22.3 Å². The lowest BCUT2D eigenvalue weighted by Gasteiger charge is -2.25. The van der Waals surface area contributed by atoms with E-state index in [1.54, 1.807) is 37.1 Å². The van der Waals surface area contributed by atoms with E-state index >= 15 is 0 Å². The molecule has 2 atom stereocenters. The van der Waals surface area contributed by atoms with E-state index in [0.717, 1.165) is 11.3 Å². The van der Waals surface area contributed by atoms with Crippen LogP contribution in [0.4, 0.5) is 5.69 Å². The van der Waals surface area contributed by atoms with Gasteiger partial charge in [-0.2, -0.15) is 0 Å². The van der Waals surface area contributed by atoms with Gasteiger partial charge in [-0.15, -0.1) is 0 Å². The highest BCUT2D eigenvalue weighted by molar-refractivity contribution is 5.81. The highest BCUT2D eigenvalue weighted by atomic mass is 16.7. The second-order valence-electron chi connectivity index (χ2n) is 7.14. The first kappa shape index (κ1) is 19.8. The van der Waals surface area contributed by atoms with E-state index in [9.17, 15) is 9.59 Å². The Morgan fingerprint density at radius 2 is 1.97 bits per heavy atom. The van der Waals surface area contributed by atoms with Crippen molar-refractivity contribution in [3.05, 3.63) is 88.0 Å². The topological polar surface area (TPSA) is 69.0 Å². The molecule has 0 spiro atoms. The number of ether oxygens (including phenoxy) is 1. The summed E-state index contributed by atoms with van der Waals surface area (Å²) in [4.78, 5) is 32.4. The molecule has 3 aromatic rings. The van der Waals surface area contributed by atoms with E-state index in [2.05, 4.69) is 0 Å². The summed E-state index contributed by atoms with van der Waals surface area (Å²) < 4.78 is 11.1. The fraction of sp³-hybridized carbons (Fsp3) is 0.250. The highest BCUT2D eigenvalue weighted by Gasteiger charge is 2.48. The molecule has 4 rings (SSSR count). The molecule has 0 saturated carbocycles. The lowest BCUT2D eigenvalue weighted by atomic mass is 9.91. The fourth-order valence-corrected chi connectivity index (χ4v) is 3.79. The van der Waals surface area contributed by atoms with Crippen LogP contribution in [-0.4, -0.2) is 12.6 Å². The number of rotatable bonds is 4. The second kappa shape index (κ2) is 8.06. The molecule has 6 heteroatoms. The number of nitrogens with zero attached hydrogens (tertiary/aromatic N) is 1. The number of hydroxylamine groups is 1. The first-order valence-electron chi connectivity index (χ1n) is 9.92. The molecule has 2 unspecified atom stereocenters. The second-order valence-corrected chi connectivity index (χ2v) is 7.14. The summed E-state index contributed by atoms with van der Waals surface area (Å²) >= 11 is 0. The molecule has 0 N–H and O–H groups in total. The summed E-state index contributed by atoms with van der Waals surface area (Å²) in [6, 6.07) is 14.1. The van der Waals surface area contributed by atoms with Crippen LogP contribution >= 0.6 is 0 Å². The van der Waals surface area contributed by atoms with Crippen molar-refractivity contribution < 1.29 is 18.8 Å². The Bertz CT molecular complexity index is 1170. The van der Waals surface area contributed by atoms with Crippen LogP contribution in [0.15, 0.2) is 75.8 Å². The van der Waals surface area contributed by atoms with Crippen molar-refractivity contribution in [3.8, 4) is 0 Å². The van der Waals surface area contributed by atoms with Crippen LogP contribution in [0.1, 0.15) is 31.0 Å². The normalized spacial score (nSPS) is 19.8. The monoisotopic (exact) mass is 405 g/mol. The third-order valence-electron chi connectivity index (χ3n) is 5.19. The Balaban J connectivity index is 1.93. The SMILES string of the molecule is C/C=C1/ON(c2ccccc2)C(c2coc3ccc(C)cc3c2=O)C1C(=O)OCC. The van der Waals surface area contributed by atoms with Crippen LogP contribution in [0.2, 0.25) is 0 Å². The van der Waals surface area contributed by atoms with Crippen LogP contribution in [0, 0.1) is 12.8 Å². The first-order valence-corrected chi connectivity index (χ1v) is 9.92. The number of hydrogen-bond acceptors (Lipinski definition) is 6. The van der Waals surface area contributed by atoms with Crippen molar-refractivity contribution >= 4 is 22.6 Å². The molecule has 0 bridgehead atoms. The van der Waals surface area contributed by atoms with Gasteiger partial charge in [0.1, 0.15) is 29.6 Å². The van der Waals surface area contributed by atoms with Crippen molar-refractivity contribution in [3.63, 3.8) is 0 Å². The summed E-state index contributed by atoms with van der Waals surface area (Å²) in [6.07, 6.45) is 3.15. The number of fused-ring (bicyclic) bond motifs is 1. The van der Waals surface area contributed by atoms with E-state index in [4.69, 9.17) is 14.0 Å². The predicted octanol–water partition coefficient (Wildman–Crippen LogP) is 4.68. The molecule has 0 amide bonds. The van der Waals surface area contributed by atoms with E-state index in [1.165, 1.54) is 6.26 Å². The van der Waals surface area contributed by atoms with Gasteiger partial charge in [0.2, 0.25) is 0 Å². The minimum absolute atomic E-state index is 0.193. The summed E-state index contributed by atoms with van der Waals surface area (Å²) in [7, 11) is 0. The Morgan fingerprint density at radius 1 is 1.20 bits per heavy atom. The van der Waals surface area contributed by atoms with Crippen LogP contribution in [-0.2, 0) is 14.4 Å². The van der Waals surface area contributed by atoms with Crippen molar-refractivity contribution in [2.24, 2.45) is 5.92 Å². The zero-order valence-corrected chi connectivity index (χ0v) is 17.1. The summed E-state index contributed by atoms with van der Waals surface area (Å²) in [5.41, 5.74) is 2.31. The van der Waals surface area contributed by atoms with Crippen LogP contribution in [0.25, 0.3) is 11.0 Å². The Hall–Kier alpha value is -3.54. The molecule has 0 aliphatic carbocycles. The summed E-state index contributed by atoms with van der Waals surface area (Å²) in [5, 5.41) is 2.06. The maximum atomic E-state index is 13.5. The molecule has 1 aliphatic heterocycles. The molecule has 1 aliphatic rings. The van der Waals surface area contributed by atoms with Gasteiger partial charge in [0, 0.05) is 0 Å². The highest BCUT2D eigenvalue weighted by Crippen LogP contribution is 2.44. The lowest BCUT2D eigenvalue weighted by Crippen LogP contribution is -2.32. The van der Waals surface area contributed by atoms with E-state index < -0.39 is 17.9 Å². The van der Waals surface area contributed by atoms with Gasteiger partial charge in [-0.05, 0) is 51.1 Å². The van der Waals surface area contributed by atoms with Crippen molar-refractivity contribution in [1.29, 1.82) is 0 Å². The van der Waals surface area contributed by atoms with E-state index in [-0.39, 0.29) is 12.0 Å². The Morgan fingerprint density at radius 3 is 2.67 bits per heavy atom. The average molecular weight is 405 g/mol. The van der Waals surface area contributed by atoms with Crippen molar-refractivity contribution in [2.75, 3.05) is 11.7 Å². The number of aryl methyl sites for hydroxylation is 1. The molecule has 154 valence electrons. The van der Waals surface area contributed by atoms with Gasteiger partial charge in [-0.25, -0.2) is 5.06 Å². The van der Waals surface area contributed by atoms with E-state index in [1.807, 2.05) is 43.3 Å². The van der Waals surface area contributed by atoms with Gasteiger partial charge in [0.15, 0.2) is 5.43 Å². The molecule has 30 heavy (non-hydrogen) atoms. The van der Waals surface area contributed by atoms with Crippen molar-refractivity contribution in [1.82, 2.24) is 0 Å². The molecular weight excluding hydrogens is 382 g/mol. The average Bonchev–Trinajstić information content (AvgIpc) is 3.15. The minimum Gasteiger partial charge on any atom is -0.465 e. The number of benzene rings is 2. The fourth-order valence-electron chi connectivity index (χ4n) is 3.79. The lowest BCUT2D eigenvalue weighted by molar-refractivity contribution is -0.147. The zero-order chi connectivity index (χ0) is 21.3.